The molecule has 0 aliphatic heterocycles. The van der Waals surface area contributed by atoms with Gasteiger partial charge in [0.1, 0.15) is 18.2 Å². The Morgan fingerprint density at radius 1 is 1.08 bits per heavy atom. The molecule has 0 saturated carbocycles. The van der Waals surface area contributed by atoms with Crippen molar-refractivity contribution in [2.75, 3.05) is 26.5 Å². The Bertz CT molecular complexity index is 758. The van der Waals surface area contributed by atoms with Crippen molar-refractivity contribution in [1.82, 2.24) is 4.90 Å². The summed E-state index contributed by atoms with van der Waals surface area (Å²) in [6.45, 7) is 3.22. The summed E-state index contributed by atoms with van der Waals surface area (Å²) in [7, 11) is -1.20. The molecule has 0 fully saturated rings. The van der Waals surface area contributed by atoms with Gasteiger partial charge in [0.2, 0.25) is 0 Å². The number of sulfone groups is 1. The Morgan fingerprint density at radius 3 is 2.21 bits per heavy atom. The summed E-state index contributed by atoms with van der Waals surface area (Å²) in [6.07, 6.45) is 1.20. The minimum Gasteiger partial charge on any atom is -0.492 e. The first-order chi connectivity index (χ1) is 11.3. The van der Waals surface area contributed by atoms with Gasteiger partial charge in [-0.25, -0.2) is 12.8 Å². The lowest BCUT2D eigenvalue weighted by atomic mass is 10.1. The molecule has 0 amide bonds. The monoisotopic (exact) mass is 351 g/mol. The van der Waals surface area contributed by atoms with Crippen molar-refractivity contribution in [2.24, 2.45) is 0 Å². The van der Waals surface area contributed by atoms with Gasteiger partial charge in [0, 0.05) is 18.8 Å². The largest absolute Gasteiger partial charge is 0.492 e. The molecule has 0 heterocycles. The lowest BCUT2D eigenvalue weighted by Gasteiger charge is -2.25. The summed E-state index contributed by atoms with van der Waals surface area (Å²) >= 11 is 0. The molecule has 1 atom stereocenters. The lowest BCUT2D eigenvalue weighted by molar-refractivity contribution is 0.201. The third kappa shape index (κ3) is 5.04. The van der Waals surface area contributed by atoms with Crippen LogP contribution in [0.5, 0.6) is 5.75 Å². The highest BCUT2D eigenvalue weighted by Crippen LogP contribution is 2.20. The molecular weight excluding hydrogens is 329 g/mol. The van der Waals surface area contributed by atoms with Crippen LogP contribution in [0.15, 0.2) is 53.4 Å². The highest BCUT2D eigenvalue weighted by molar-refractivity contribution is 7.90. The normalized spacial score (nSPS) is 13.0. The lowest BCUT2D eigenvalue weighted by Crippen LogP contribution is -2.27. The maximum atomic E-state index is 12.8. The fourth-order valence-electron chi connectivity index (χ4n) is 2.28. The van der Waals surface area contributed by atoms with Crippen LogP contribution >= 0.6 is 0 Å². The first-order valence-electron chi connectivity index (χ1n) is 7.66. The van der Waals surface area contributed by atoms with Gasteiger partial charge in [0.05, 0.1) is 4.90 Å². The van der Waals surface area contributed by atoms with Crippen LogP contribution in [0.25, 0.3) is 0 Å². The van der Waals surface area contributed by atoms with Crippen molar-refractivity contribution in [2.45, 2.75) is 17.9 Å². The fraction of sp³-hybridized carbons (Fsp3) is 0.333. The standard InChI is InChI=1S/C18H22FNO3S/c1-14(15-4-10-18(11-5-15)24(3,21)22)20(2)12-13-23-17-8-6-16(19)7-9-17/h4-11,14H,12-13H2,1-3H3. The average Bonchev–Trinajstić information content (AvgIpc) is 2.55. The number of hydrogen-bond acceptors (Lipinski definition) is 4. The van der Waals surface area contributed by atoms with E-state index in [2.05, 4.69) is 4.90 Å². The van der Waals surface area contributed by atoms with Gasteiger partial charge in [-0.1, -0.05) is 12.1 Å². The van der Waals surface area contributed by atoms with E-state index >= 15 is 0 Å². The zero-order valence-electron chi connectivity index (χ0n) is 14.1. The van der Waals surface area contributed by atoms with Gasteiger partial charge in [-0.15, -0.1) is 0 Å². The van der Waals surface area contributed by atoms with Crippen molar-refractivity contribution in [1.29, 1.82) is 0 Å². The van der Waals surface area contributed by atoms with Gasteiger partial charge in [-0.05, 0) is 55.9 Å². The summed E-state index contributed by atoms with van der Waals surface area (Å²) in [6, 6.07) is 13.0. The zero-order valence-corrected chi connectivity index (χ0v) is 14.9. The van der Waals surface area contributed by atoms with Crippen LogP contribution in [-0.2, 0) is 9.84 Å². The third-order valence-electron chi connectivity index (χ3n) is 3.98. The highest BCUT2D eigenvalue weighted by Gasteiger charge is 2.13. The maximum Gasteiger partial charge on any atom is 0.175 e. The first kappa shape index (κ1) is 18.4. The summed E-state index contributed by atoms with van der Waals surface area (Å²) in [5, 5.41) is 0. The van der Waals surface area contributed by atoms with Crippen LogP contribution in [0.4, 0.5) is 4.39 Å². The van der Waals surface area contributed by atoms with Crippen LogP contribution in [0, 0.1) is 5.82 Å². The Balaban J connectivity index is 1.89. The molecule has 1 unspecified atom stereocenters. The summed E-state index contributed by atoms with van der Waals surface area (Å²) in [5.74, 6) is 0.348. The van der Waals surface area contributed by atoms with Gasteiger partial charge in [-0.2, -0.15) is 0 Å². The van der Waals surface area contributed by atoms with Gasteiger partial charge in [0.25, 0.3) is 0 Å². The Morgan fingerprint density at radius 2 is 1.67 bits per heavy atom. The molecule has 0 radical (unpaired) electrons. The van der Waals surface area contributed by atoms with Gasteiger partial charge in [-0.3, -0.25) is 4.90 Å². The second kappa shape index (κ2) is 7.77. The summed E-state index contributed by atoms with van der Waals surface area (Å²) in [5.41, 5.74) is 1.03. The zero-order chi connectivity index (χ0) is 17.7. The number of halogens is 1. The van der Waals surface area contributed by atoms with Crippen molar-refractivity contribution in [3.8, 4) is 5.75 Å². The third-order valence-corrected chi connectivity index (χ3v) is 5.11. The molecular formula is C18H22FNO3S. The number of benzene rings is 2. The second-order valence-electron chi connectivity index (χ2n) is 5.80. The molecule has 6 heteroatoms. The molecule has 0 N–H and O–H groups in total. The smallest absolute Gasteiger partial charge is 0.175 e. The maximum absolute atomic E-state index is 12.8. The van der Waals surface area contributed by atoms with E-state index in [4.69, 9.17) is 4.74 Å². The first-order valence-corrected chi connectivity index (χ1v) is 9.55. The van der Waals surface area contributed by atoms with E-state index in [1.807, 2.05) is 26.1 Å². The molecule has 130 valence electrons. The molecule has 0 aromatic heterocycles. The highest BCUT2D eigenvalue weighted by atomic mass is 32.2. The van der Waals surface area contributed by atoms with E-state index in [-0.39, 0.29) is 11.9 Å². The molecule has 0 bridgehead atoms. The van der Waals surface area contributed by atoms with Crippen LogP contribution < -0.4 is 4.74 Å². The summed E-state index contributed by atoms with van der Waals surface area (Å²) in [4.78, 5) is 2.43. The van der Waals surface area contributed by atoms with E-state index in [0.29, 0.717) is 23.8 Å². The van der Waals surface area contributed by atoms with Crippen LogP contribution in [0.1, 0.15) is 18.5 Å². The van der Waals surface area contributed by atoms with Crippen LogP contribution in [0.2, 0.25) is 0 Å². The topological polar surface area (TPSA) is 46.6 Å². The predicted octanol–water partition coefficient (Wildman–Crippen LogP) is 3.30. The van der Waals surface area contributed by atoms with E-state index < -0.39 is 9.84 Å². The number of likely N-dealkylation sites (N-methyl/N-ethyl adjacent to an activating group) is 1. The van der Waals surface area contributed by atoms with Crippen molar-refractivity contribution < 1.29 is 17.5 Å². The molecule has 2 aromatic rings. The Hall–Kier alpha value is -1.92. The molecule has 4 nitrogen and oxygen atoms in total. The van der Waals surface area contributed by atoms with Gasteiger partial charge in [0.15, 0.2) is 9.84 Å². The Kier molecular flexibility index (Phi) is 5.96. The van der Waals surface area contributed by atoms with E-state index in [1.54, 1.807) is 24.3 Å². The summed E-state index contributed by atoms with van der Waals surface area (Å²) < 4.78 is 41.4. The average molecular weight is 351 g/mol. The molecule has 0 aliphatic rings. The number of rotatable bonds is 7. The van der Waals surface area contributed by atoms with Gasteiger partial charge < -0.3 is 4.74 Å². The quantitative estimate of drug-likeness (QED) is 0.768. The number of ether oxygens (including phenoxy) is 1. The van der Waals surface area contributed by atoms with E-state index in [0.717, 1.165) is 5.56 Å². The second-order valence-corrected chi connectivity index (χ2v) is 7.82. The molecule has 24 heavy (non-hydrogen) atoms. The van der Waals surface area contributed by atoms with Crippen LogP contribution in [0.3, 0.4) is 0 Å². The minimum absolute atomic E-state index is 0.121. The molecule has 0 saturated heterocycles. The van der Waals surface area contributed by atoms with E-state index in [1.165, 1.54) is 18.4 Å². The predicted molar refractivity (Wildman–Crippen MR) is 92.5 cm³/mol. The van der Waals surface area contributed by atoms with Crippen molar-refractivity contribution in [3.05, 3.63) is 59.9 Å². The van der Waals surface area contributed by atoms with Gasteiger partial charge >= 0.3 is 0 Å². The number of nitrogens with zero attached hydrogens (tertiary/aromatic N) is 1. The van der Waals surface area contributed by atoms with Crippen molar-refractivity contribution >= 4 is 9.84 Å². The van der Waals surface area contributed by atoms with Crippen LogP contribution in [-0.4, -0.2) is 39.8 Å². The SMILES string of the molecule is CC(c1ccc(S(C)(=O)=O)cc1)N(C)CCOc1ccc(F)cc1. The minimum atomic E-state index is -3.17. The number of hydrogen-bond donors (Lipinski definition) is 0. The Labute approximate surface area is 142 Å². The molecule has 2 rings (SSSR count). The molecule has 0 spiro atoms. The van der Waals surface area contributed by atoms with E-state index in [9.17, 15) is 12.8 Å². The molecule has 0 aliphatic carbocycles. The van der Waals surface area contributed by atoms with Crippen molar-refractivity contribution in [3.63, 3.8) is 0 Å². The fourth-order valence-corrected chi connectivity index (χ4v) is 2.91. The molecule has 2 aromatic carbocycles.